The molecule has 1 unspecified atom stereocenters. The van der Waals surface area contributed by atoms with Gasteiger partial charge in [-0.15, -0.1) is 0 Å². The van der Waals surface area contributed by atoms with Crippen LogP contribution in [0.1, 0.15) is 20.3 Å². The average molecular weight is 147 g/mol. The van der Waals surface area contributed by atoms with Gasteiger partial charge in [0, 0.05) is 17.5 Å². The molecule has 1 nitrogen and oxygen atoms in total. The molecule has 0 saturated carbocycles. The Labute approximate surface area is 62.6 Å². The zero-order chi connectivity index (χ0) is 7.11. The van der Waals surface area contributed by atoms with Crippen LogP contribution >= 0.6 is 11.8 Å². The maximum Gasteiger partial charge on any atom is 0.00606 e. The van der Waals surface area contributed by atoms with Gasteiger partial charge < -0.3 is 5.32 Å². The van der Waals surface area contributed by atoms with Crippen LogP contribution in [0.15, 0.2) is 0 Å². The van der Waals surface area contributed by atoms with E-state index in [1.165, 1.54) is 12.2 Å². The van der Waals surface area contributed by atoms with Gasteiger partial charge in [-0.1, -0.05) is 13.8 Å². The first-order valence-electron chi connectivity index (χ1n) is 3.57. The van der Waals surface area contributed by atoms with E-state index in [9.17, 15) is 0 Å². The molecule has 0 aliphatic carbocycles. The Kier molecular flexibility index (Phi) is 6.65. The van der Waals surface area contributed by atoms with E-state index in [0.717, 1.165) is 11.8 Å². The summed E-state index contributed by atoms with van der Waals surface area (Å²) in [5.41, 5.74) is 0. The molecule has 0 spiro atoms. The van der Waals surface area contributed by atoms with Crippen LogP contribution in [-0.4, -0.2) is 24.6 Å². The number of hydrogen-bond donors (Lipinski definition) is 1. The molecule has 56 valence electrons. The summed E-state index contributed by atoms with van der Waals surface area (Å²) in [5.74, 6) is 1.24. The van der Waals surface area contributed by atoms with E-state index in [4.69, 9.17) is 0 Å². The first-order valence-corrected chi connectivity index (χ1v) is 4.62. The quantitative estimate of drug-likeness (QED) is 0.594. The van der Waals surface area contributed by atoms with Crippen molar-refractivity contribution in [3.63, 3.8) is 0 Å². The molecule has 0 radical (unpaired) electrons. The predicted molar refractivity (Wildman–Crippen MR) is 46.1 cm³/mol. The van der Waals surface area contributed by atoms with Gasteiger partial charge in [-0.3, -0.25) is 0 Å². The van der Waals surface area contributed by atoms with Crippen molar-refractivity contribution < 1.29 is 0 Å². The normalized spacial score (nSPS) is 13.7. The minimum absolute atomic E-state index is 0.832. The molecule has 2 heteroatoms. The summed E-state index contributed by atoms with van der Waals surface area (Å²) in [6.45, 7) is 5.65. The molecule has 1 N–H and O–H groups in total. The third kappa shape index (κ3) is 6.19. The van der Waals surface area contributed by atoms with Gasteiger partial charge in [-0.05, 0) is 13.5 Å². The Morgan fingerprint density at radius 3 is 2.67 bits per heavy atom. The fraction of sp³-hybridized carbons (Fsp3) is 1.00. The van der Waals surface area contributed by atoms with E-state index in [1.807, 2.05) is 18.8 Å². The summed E-state index contributed by atoms with van der Waals surface area (Å²) in [7, 11) is 2.00. The smallest absolute Gasteiger partial charge is 0.00606 e. The van der Waals surface area contributed by atoms with Gasteiger partial charge in [0.05, 0.1) is 0 Å². The molecule has 0 aromatic heterocycles. The highest BCUT2D eigenvalue weighted by molar-refractivity contribution is 7.99. The van der Waals surface area contributed by atoms with Crippen molar-refractivity contribution >= 4 is 11.8 Å². The monoisotopic (exact) mass is 147 g/mol. The lowest BCUT2D eigenvalue weighted by molar-refractivity contribution is 0.859. The van der Waals surface area contributed by atoms with Gasteiger partial charge in [0.25, 0.3) is 0 Å². The number of hydrogen-bond acceptors (Lipinski definition) is 2. The fourth-order valence-corrected chi connectivity index (χ4v) is 1.44. The van der Waals surface area contributed by atoms with E-state index >= 15 is 0 Å². The zero-order valence-electron chi connectivity index (χ0n) is 6.61. The molecule has 0 aromatic carbocycles. The van der Waals surface area contributed by atoms with E-state index in [1.54, 1.807) is 0 Å². The minimum Gasteiger partial charge on any atom is -0.319 e. The second-order valence-electron chi connectivity index (χ2n) is 2.19. The van der Waals surface area contributed by atoms with Crippen LogP contribution in [0.25, 0.3) is 0 Å². The van der Waals surface area contributed by atoms with Crippen LogP contribution in [0.3, 0.4) is 0 Å². The molecule has 1 atom stereocenters. The molecule has 0 saturated heterocycles. The molecule has 9 heavy (non-hydrogen) atoms. The highest BCUT2D eigenvalue weighted by Crippen LogP contribution is 2.11. The minimum atomic E-state index is 0.832. The first kappa shape index (κ1) is 9.31. The van der Waals surface area contributed by atoms with Gasteiger partial charge in [0.1, 0.15) is 0 Å². The van der Waals surface area contributed by atoms with Crippen molar-refractivity contribution in [3.05, 3.63) is 0 Å². The van der Waals surface area contributed by atoms with Crippen molar-refractivity contribution in [1.29, 1.82) is 0 Å². The Balaban J connectivity index is 2.88. The van der Waals surface area contributed by atoms with Crippen molar-refractivity contribution in [2.24, 2.45) is 0 Å². The fourth-order valence-electron chi connectivity index (χ4n) is 0.480. The van der Waals surface area contributed by atoms with Gasteiger partial charge in [0.15, 0.2) is 0 Å². The number of rotatable bonds is 5. The molecule has 0 rings (SSSR count). The highest BCUT2D eigenvalue weighted by Gasteiger charge is 1.95. The van der Waals surface area contributed by atoms with Crippen LogP contribution in [-0.2, 0) is 0 Å². The molecule has 0 heterocycles. The molecule has 0 amide bonds. The zero-order valence-corrected chi connectivity index (χ0v) is 7.42. The maximum absolute atomic E-state index is 3.13. The van der Waals surface area contributed by atoms with Crippen molar-refractivity contribution in [2.75, 3.05) is 19.3 Å². The lowest BCUT2D eigenvalue weighted by Crippen LogP contribution is -2.11. The van der Waals surface area contributed by atoms with Crippen LogP contribution in [0.2, 0.25) is 0 Å². The van der Waals surface area contributed by atoms with Crippen LogP contribution in [0.4, 0.5) is 0 Å². The molecule has 0 aliphatic heterocycles. The third-order valence-electron chi connectivity index (χ3n) is 1.33. The van der Waals surface area contributed by atoms with Gasteiger partial charge in [0.2, 0.25) is 0 Å². The first-order chi connectivity index (χ1) is 4.31. The van der Waals surface area contributed by atoms with Gasteiger partial charge >= 0.3 is 0 Å². The average Bonchev–Trinajstić information content (AvgIpc) is 1.89. The lowest BCUT2D eigenvalue weighted by atomic mass is 10.4. The summed E-state index contributed by atoms with van der Waals surface area (Å²) in [6.07, 6.45) is 1.29. The molecular weight excluding hydrogens is 130 g/mol. The van der Waals surface area contributed by atoms with Crippen molar-refractivity contribution in [1.82, 2.24) is 5.32 Å². The van der Waals surface area contributed by atoms with Gasteiger partial charge in [-0.2, -0.15) is 11.8 Å². The SMILES string of the molecule is CCC(C)SCCNC. The Bertz CT molecular complexity index is 56.9. The van der Waals surface area contributed by atoms with Crippen molar-refractivity contribution in [3.8, 4) is 0 Å². The molecule has 0 aliphatic rings. The summed E-state index contributed by atoms with van der Waals surface area (Å²) in [5, 5.41) is 3.96. The summed E-state index contributed by atoms with van der Waals surface area (Å²) >= 11 is 2.04. The topological polar surface area (TPSA) is 12.0 Å². The van der Waals surface area contributed by atoms with Crippen LogP contribution in [0.5, 0.6) is 0 Å². The lowest BCUT2D eigenvalue weighted by Gasteiger charge is -2.06. The molecule has 0 bridgehead atoms. The molecule has 0 aromatic rings. The molecular formula is C7H17NS. The van der Waals surface area contributed by atoms with E-state index < -0.39 is 0 Å². The van der Waals surface area contributed by atoms with Crippen LogP contribution in [0, 0.1) is 0 Å². The Hall–Kier alpha value is 0.310. The molecule has 0 fully saturated rings. The number of thioether (sulfide) groups is 1. The predicted octanol–water partition coefficient (Wildman–Crippen LogP) is 1.74. The Morgan fingerprint density at radius 1 is 1.56 bits per heavy atom. The summed E-state index contributed by atoms with van der Waals surface area (Å²) in [4.78, 5) is 0. The third-order valence-corrected chi connectivity index (χ3v) is 2.67. The van der Waals surface area contributed by atoms with E-state index in [2.05, 4.69) is 19.2 Å². The van der Waals surface area contributed by atoms with E-state index in [0.29, 0.717) is 0 Å². The van der Waals surface area contributed by atoms with Crippen molar-refractivity contribution in [2.45, 2.75) is 25.5 Å². The maximum atomic E-state index is 3.13. The second-order valence-corrected chi connectivity index (χ2v) is 3.74. The van der Waals surface area contributed by atoms with Gasteiger partial charge in [-0.25, -0.2) is 0 Å². The second kappa shape index (κ2) is 6.43. The van der Waals surface area contributed by atoms with E-state index in [-0.39, 0.29) is 0 Å². The summed E-state index contributed by atoms with van der Waals surface area (Å²) in [6, 6.07) is 0. The van der Waals surface area contributed by atoms with Crippen LogP contribution < -0.4 is 5.32 Å². The largest absolute Gasteiger partial charge is 0.319 e. The summed E-state index contributed by atoms with van der Waals surface area (Å²) < 4.78 is 0. The number of nitrogens with one attached hydrogen (secondary N) is 1. The standard InChI is InChI=1S/C7H17NS/c1-4-7(2)9-6-5-8-3/h7-8H,4-6H2,1-3H3. The highest BCUT2D eigenvalue weighted by atomic mass is 32.2. The Morgan fingerprint density at radius 2 is 2.22 bits per heavy atom.